The first-order valence-electron chi connectivity index (χ1n) is 5.17. The molecule has 3 nitrogen and oxygen atoms in total. The summed E-state index contributed by atoms with van der Waals surface area (Å²) in [5.74, 6) is 0. The third-order valence-corrected chi connectivity index (χ3v) is 2.66. The van der Waals surface area contributed by atoms with Crippen LogP contribution in [0.2, 0.25) is 0 Å². The van der Waals surface area contributed by atoms with Crippen LogP contribution in [-0.4, -0.2) is 11.5 Å². The molecule has 0 spiro atoms. The van der Waals surface area contributed by atoms with Crippen molar-refractivity contribution in [2.24, 2.45) is 5.41 Å². The van der Waals surface area contributed by atoms with Crippen molar-refractivity contribution in [1.82, 2.24) is 4.98 Å². The number of nitrogens with zero attached hydrogens (tertiary/aromatic N) is 2. The van der Waals surface area contributed by atoms with Crippen molar-refractivity contribution in [3.63, 3.8) is 0 Å². The van der Waals surface area contributed by atoms with Crippen molar-refractivity contribution in [2.45, 2.75) is 27.2 Å². The van der Waals surface area contributed by atoms with Gasteiger partial charge in [0.15, 0.2) is 0 Å². The second-order valence-corrected chi connectivity index (χ2v) is 4.40. The zero-order valence-electron chi connectivity index (χ0n) is 9.54. The standard InChI is InChI=1S/C12H17N3/c1-4-12(2,3)9-15-11-8-14-6-5-10(11)7-13/h5-6,8,15H,4,9H2,1-3H3. The van der Waals surface area contributed by atoms with Gasteiger partial charge in [0.25, 0.3) is 0 Å². The van der Waals surface area contributed by atoms with Gasteiger partial charge in [-0.3, -0.25) is 4.98 Å². The lowest BCUT2D eigenvalue weighted by Crippen LogP contribution is -2.22. The van der Waals surface area contributed by atoms with Crippen LogP contribution in [0.5, 0.6) is 0 Å². The number of rotatable bonds is 4. The predicted molar refractivity (Wildman–Crippen MR) is 61.5 cm³/mol. The molecule has 0 radical (unpaired) electrons. The van der Waals surface area contributed by atoms with E-state index >= 15 is 0 Å². The third kappa shape index (κ3) is 3.25. The lowest BCUT2D eigenvalue weighted by Gasteiger charge is -2.23. The van der Waals surface area contributed by atoms with E-state index in [0.29, 0.717) is 5.56 Å². The molecule has 0 saturated carbocycles. The summed E-state index contributed by atoms with van der Waals surface area (Å²) in [5, 5.41) is 12.2. The van der Waals surface area contributed by atoms with Crippen LogP contribution in [0.1, 0.15) is 32.8 Å². The van der Waals surface area contributed by atoms with E-state index in [9.17, 15) is 0 Å². The Labute approximate surface area is 91.1 Å². The van der Waals surface area contributed by atoms with Gasteiger partial charge in [0, 0.05) is 12.7 Å². The van der Waals surface area contributed by atoms with Gasteiger partial charge in [-0.15, -0.1) is 0 Å². The molecule has 0 aromatic carbocycles. The summed E-state index contributed by atoms with van der Waals surface area (Å²) >= 11 is 0. The number of nitrogens with one attached hydrogen (secondary N) is 1. The maximum absolute atomic E-state index is 8.89. The fraction of sp³-hybridized carbons (Fsp3) is 0.500. The Hall–Kier alpha value is -1.56. The second kappa shape index (κ2) is 4.79. The van der Waals surface area contributed by atoms with Crippen LogP contribution in [0, 0.1) is 16.7 Å². The van der Waals surface area contributed by atoms with E-state index in [0.717, 1.165) is 18.7 Å². The number of pyridine rings is 1. The molecule has 1 heterocycles. The molecule has 0 amide bonds. The summed E-state index contributed by atoms with van der Waals surface area (Å²) in [6.45, 7) is 7.41. The minimum Gasteiger partial charge on any atom is -0.382 e. The normalized spacial score (nSPS) is 10.8. The number of hydrogen-bond donors (Lipinski definition) is 1. The van der Waals surface area contributed by atoms with Crippen molar-refractivity contribution >= 4 is 5.69 Å². The van der Waals surface area contributed by atoms with Gasteiger partial charge in [0.2, 0.25) is 0 Å². The highest BCUT2D eigenvalue weighted by Gasteiger charge is 2.15. The fourth-order valence-electron chi connectivity index (χ4n) is 1.09. The Balaban J connectivity index is 2.70. The Morgan fingerprint density at radius 1 is 1.53 bits per heavy atom. The van der Waals surface area contributed by atoms with Gasteiger partial charge in [-0.2, -0.15) is 5.26 Å². The average molecular weight is 203 g/mol. The summed E-state index contributed by atoms with van der Waals surface area (Å²) in [6, 6.07) is 3.87. The minimum absolute atomic E-state index is 0.239. The van der Waals surface area contributed by atoms with Crippen molar-refractivity contribution in [1.29, 1.82) is 5.26 Å². The van der Waals surface area contributed by atoms with Gasteiger partial charge in [-0.05, 0) is 17.9 Å². The summed E-state index contributed by atoms with van der Waals surface area (Å²) < 4.78 is 0. The third-order valence-electron chi connectivity index (χ3n) is 2.66. The number of nitriles is 1. The van der Waals surface area contributed by atoms with Crippen LogP contribution in [0.15, 0.2) is 18.5 Å². The summed E-state index contributed by atoms with van der Waals surface area (Å²) in [5.41, 5.74) is 1.71. The summed E-state index contributed by atoms with van der Waals surface area (Å²) in [7, 11) is 0. The summed E-state index contributed by atoms with van der Waals surface area (Å²) in [6.07, 6.45) is 4.43. The van der Waals surface area contributed by atoms with Gasteiger partial charge in [0.05, 0.1) is 17.4 Å². The molecule has 0 fully saturated rings. The van der Waals surface area contributed by atoms with Crippen LogP contribution in [-0.2, 0) is 0 Å². The van der Waals surface area contributed by atoms with E-state index < -0.39 is 0 Å². The van der Waals surface area contributed by atoms with E-state index in [-0.39, 0.29) is 5.41 Å². The Morgan fingerprint density at radius 3 is 2.87 bits per heavy atom. The van der Waals surface area contributed by atoms with Gasteiger partial charge in [0.1, 0.15) is 6.07 Å². The Morgan fingerprint density at radius 2 is 2.27 bits per heavy atom. The quantitative estimate of drug-likeness (QED) is 0.818. The lowest BCUT2D eigenvalue weighted by molar-refractivity contribution is 0.377. The van der Waals surface area contributed by atoms with Crippen LogP contribution >= 0.6 is 0 Å². The van der Waals surface area contributed by atoms with E-state index in [2.05, 4.69) is 37.1 Å². The zero-order chi connectivity index (χ0) is 11.3. The first kappa shape index (κ1) is 11.5. The van der Waals surface area contributed by atoms with E-state index in [4.69, 9.17) is 5.26 Å². The van der Waals surface area contributed by atoms with Crippen molar-refractivity contribution < 1.29 is 0 Å². The topological polar surface area (TPSA) is 48.7 Å². The van der Waals surface area contributed by atoms with Crippen LogP contribution in [0.4, 0.5) is 5.69 Å². The molecule has 0 bridgehead atoms. The molecule has 1 N–H and O–H groups in total. The maximum atomic E-state index is 8.89. The molecule has 15 heavy (non-hydrogen) atoms. The van der Waals surface area contributed by atoms with E-state index in [1.165, 1.54) is 0 Å². The molecule has 1 aromatic heterocycles. The molecule has 0 aliphatic rings. The maximum Gasteiger partial charge on any atom is 0.101 e. The molecule has 0 saturated heterocycles. The fourth-order valence-corrected chi connectivity index (χ4v) is 1.09. The molecule has 1 rings (SSSR count). The molecule has 0 aliphatic heterocycles. The van der Waals surface area contributed by atoms with E-state index in [1.54, 1.807) is 18.5 Å². The molecule has 0 aliphatic carbocycles. The van der Waals surface area contributed by atoms with Crippen molar-refractivity contribution in [2.75, 3.05) is 11.9 Å². The molecule has 3 heteroatoms. The van der Waals surface area contributed by atoms with Gasteiger partial charge in [-0.1, -0.05) is 20.8 Å². The van der Waals surface area contributed by atoms with Crippen LogP contribution in [0.3, 0.4) is 0 Å². The molecule has 80 valence electrons. The highest BCUT2D eigenvalue weighted by atomic mass is 14.9. The zero-order valence-corrected chi connectivity index (χ0v) is 9.54. The first-order chi connectivity index (χ1) is 7.09. The van der Waals surface area contributed by atoms with Crippen LogP contribution < -0.4 is 5.32 Å². The Kier molecular flexibility index (Phi) is 3.68. The number of anilines is 1. The molecule has 0 unspecified atom stereocenters. The highest BCUT2D eigenvalue weighted by molar-refractivity contribution is 5.55. The Bertz CT molecular complexity index is 363. The van der Waals surface area contributed by atoms with E-state index in [1.807, 2.05) is 0 Å². The largest absolute Gasteiger partial charge is 0.382 e. The monoisotopic (exact) mass is 203 g/mol. The number of hydrogen-bond acceptors (Lipinski definition) is 3. The second-order valence-electron chi connectivity index (χ2n) is 4.40. The smallest absolute Gasteiger partial charge is 0.101 e. The molecule has 0 atom stereocenters. The SMILES string of the molecule is CCC(C)(C)CNc1cnccc1C#N. The van der Waals surface area contributed by atoms with Crippen molar-refractivity contribution in [3.05, 3.63) is 24.0 Å². The van der Waals surface area contributed by atoms with Gasteiger partial charge >= 0.3 is 0 Å². The first-order valence-corrected chi connectivity index (χ1v) is 5.17. The highest BCUT2D eigenvalue weighted by Crippen LogP contribution is 2.21. The van der Waals surface area contributed by atoms with Crippen LogP contribution in [0.25, 0.3) is 0 Å². The predicted octanol–water partition coefficient (Wildman–Crippen LogP) is 2.80. The molecule has 1 aromatic rings. The summed E-state index contributed by atoms with van der Waals surface area (Å²) in [4.78, 5) is 4.01. The van der Waals surface area contributed by atoms with Gasteiger partial charge in [-0.25, -0.2) is 0 Å². The molecular formula is C12H17N3. The minimum atomic E-state index is 0.239. The number of aromatic nitrogens is 1. The lowest BCUT2D eigenvalue weighted by atomic mass is 9.90. The van der Waals surface area contributed by atoms with Crippen molar-refractivity contribution in [3.8, 4) is 6.07 Å². The molecular weight excluding hydrogens is 186 g/mol. The van der Waals surface area contributed by atoms with Gasteiger partial charge < -0.3 is 5.32 Å². The average Bonchev–Trinajstić information content (AvgIpc) is 2.27.